The van der Waals surface area contributed by atoms with Gasteiger partial charge in [-0.15, -0.1) is 0 Å². The molecular formula is C29H33FN4O2. The van der Waals surface area contributed by atoms with E-state index < -0.39 is 0 Å². The van der Waals surface area contributed by atoms with Crippen LogP contribution in [0.5, 0.6) is 0 Å². The third-order valence-electron chi connectivity index (χ3n) is 7.65. The van der Waals surface area contributed by atoms with Crippen molar-refractivity contribution in [3.63, 3.8) is 0 Å². The molecule has 0 unspecified atom stereocenters. The normalized spacial score (nSPS) is 18.9. The van der Waals surface area contributed by atoms with Crippen molar-refractivity contribution in [2.24, 2.45) is 5.92 Å². The average molecular weight is 489 g/mol. The van der Waals surface area contributed by atoms with Crippen LogP contribution in [0.2, 0.25) is 0 Å². The van der Waals surface area contributed by atoms with Crippen LogP contribution in [-0.2, 0) is 17.8 Å². The van der Waals surface area contributed by atoms with E-state index in [1.165, 1.54) is 6.07 Å². The Hall–Kier alpha value is -3.48. The van der Waals surface area contributed by atoms with Gasteiger partial charge in [-0.2, -0.15) is 5.10 Å². The van der Waals surface area contributed by atoms with Crippen LogP contribution in [0, 0.1) is 11.7 Å². The number of piperidine rings is 2. The molecule has 0 radical (unpaired) electrons. The third kappa shape index (κ3) is 5.50. The molecule has 0 aliphatic carbocycles. The molecule has 6 nitrogen and oxygen atoms in total. The molecule has 36 heavy (non-hydrogen) atoms. The molecule has 2 aromatic carbocycles. The minimum absolute atomic E-state index is 0.0228. The van der Waals surface area contributed by atoms with Crippen molar-refractivity contribution in [1.29, 1.82) is 0 Å². The molecule has 0 saturated carbocycles. The SMILES string of the molecule is O=C(Cc1ccccc1F)N1CCC([C@@H]2CCCCN2C(=O)c2ccc(Cn3cccn3)cc2)CC1. The maximum atomic E-state index is 14.0. The lowest BCUT2D eigenvalue weighted by Gasteiger charge is -2.43. The second-order valence-electron chi connectivity index (χ2n) is 9.95. The number of benzene rings is 2. The van der Waals surface area contributed by atoms with E-state index in [0.29, 0.717) is 31.1 Å². The summed E-state index contributed by atoms with van der Waals surface area (Å²) >= 11 is 0. The summed E-state index contributed by atoms with van der Waals surface area (Å²) < 4.78 is 15.8. The second-order valence-corrected chi connectivity index (χ2v) is 9.95. The van der Waals surface area contributed by atoms with Gasteiger partial charge in [0.15, 0.2) is 0 Å². The number of aromatic nitrogens is 2. The molecule has 2 aliphatic rings. The number of hydrogen-bond acceptors (Lipinski definition) is 3. The van der Waals surface area contributed by atoms with Gasteiger partial charge in [-0.05, 0) is 73.4 Å². The molecule has 7 heteroatoms. The van der Waals surface area contributed by atoms with E-state index in [0.717, 1.165) is 49.8 Å². The van der Waals surface area contributed by atoms with Crippen molar-refractivity contribution >= 4 is 11.8 Å². The molecule has 5 rings (SSSR count). The van der Waals surface area contributed by atoms with Gasteiger partial charge in [0.25, 0.3) is 5.91 Å². The number of halogens is 1. The third-order valence-corrected chi connectivity index (χ3v) is 7.65. The summed E-state index contributed by atoms with van der Waals surface area (Å²) in [5, 5.41) is 4.25. The van der Waals surface area contributed by atoms with Gasteiger partial charge in [-0.25, -0.2) is 4.39 Å². The molecule has 2 aliphatic heterocycles. The molecule has 0 spiro atoms. The van der Waals surface area contributed by atoms with Gasteiger partial charge in [-0.3, -0.25) is 14.3 Å². The molecule has 2 saturated heterocycles. The van der Waals surface area contributed by atoms with Gasteiger partial charge in [0.05, 0.1) is 13.0 Å². The summed E-state index contributed by atoms with van der Waals surface area (Å²) in [6, 6.07) is 16.5. The molecule has 3 heterocycles. The zero-order valence-corrected chi connectivity index (χ0v) is 20.6. The highest BCUT2D eigenvalue weighted by Gasteiger charge is 2.36. The lowest BCUT2D eigenvalue weighted by atomic mass is 9.83. The quantitative estimate of drug-likeness (QED) is 0.512. The van der Waals surface area contributed by atoms with Crippen molar-refractivity contribution in [2.75, 3.05) is 19.6 Å². The number of rotatable bonds is 6. The zero-order valence-electron chi connectivity index (χ0n) is 20.6. The van der Waals surface area contributed by atoms with Crippen molar-refractivity contribution in [1.82, 2.24) is 19.6 Å². The van der Waals surface area contributed by atoms with Crippen molar-refractivity contribution < 1.29 is 14.0 Å². The van der Waals surface area contributed by atoms with Crippen LogP contribution in [0.4, 0.5) is 4.39 Å². The minimum Gasteiger partial charge on any atom is -0.342 e. The van der Waals surface area contributed by atoms with Crippen LogP contribution in [0.15, 0.2) is 67.0 Å². The molecule has 3 aromatic rings. The lowest BCUT2D eigenvalue weighted by molar-refractivity contribution is -0.132. The molecular weight excluding hydrogens is 455 g/mol. The summed E-state index contributed by atoms with van der Waals surface area (Å²) in [4.78, 5) is 30.2. The maximum absolute atomic E-state index is 14.0. The summed E-state index contributed by atoms with van der Waals surface area (Å²) in [7, 11) is 0. The number of carbonyl (C=O) groups excluding carboxylic acids is 2. The highest BCUT2D eigenvalue weighted by molar-refractivity contribution is 5.94. The highest BCUT2D eigenvalue weighted by Crippen LogP contribution is 2.32. The van der Waals surface area contributed by atoms with Crippen molar-refractivity contribution in [3.8, 4) is 0 Å². The molecule has 1 atom stereocenters. The monoisotopic (exact) mass is 488 g/mol. The molecule has 2 fully saturated rings. The predicted molar refractivity (Wildman–Crippen MR) is 136 cm³/mol. The Morgan fingerprint density at radius 2 is 1.69 bits per heavy atom. The zero-order chi connectivity index (χ0) is 24.9. The maximum Gasteiger partial charge on any atom is 0.254 e. The van der Waals surface area contributed by atoms with Crippen molar-refractivity contribution in [2.45, 2.75) is 51.1 Å². The van der Waals surface area contributed by atoms with Gasteiger partial charge in [0, 0.05) is 43.6 Å². The van der Waals surface area contributed by atoms with E-state index in [9.17, 15) is 14.0 Å². The van der Waals surface area contributed by atoms with Crippen molar-refractivity contribution in [3.05, 3.63) is 89.5 Å². The van der Waals surface area contributed by atoms with Gasteiger partial charge >= 0.3 is 0 Å². The minimum atomic E-state index is -0.327. The van der Waals surface area contributed by atoms with Crippen LogP contribution >= 0.6 is 0 Å². The predicted octanol–water partition coefficient (Wildman–Crippen LogP) is 4.55. The molecule has 0 N–H and O–H groups in total. The van der Waals surface area contributed by atoms with Gasteiger partial charge < -0.3 is 9.80 Å². The Balaban J connectivity index is 1.19. The Morgan fingerprint density at radius 3 is 2.42 bits per heavy atom. The number of nitrogens with zero attached hydrogens (tertiary/aromatic N) is 4. The molecule has 1 aromatic heterocycles. The lowest BCUT2D eigenvalue weighted by Crippen LogP contribution is -2.51. The summed E-state index contributed by atoms with van der Waals surface area (Å²) in [5.41, 5.74) is 2.28. The van der Waals surface area contributed by atoms with E-state index in [1.54, 1.807) is 24.4 Å². The fraction of sp³-hybridized carbons (Fsp3) is 0.414. The number of carbonyl (C=O) groups is 2. The van der Waals surface area contributed by atoms with E-state index in [2.05, 4.69) is 10.00 Å². The Morgan fingerprint density at radius 1 is 0.917 bits per heavy atom. The standard InChI is InChI=1S/C29H33FN4O2/c30-26-7-2-1-6-25(26)20-28(35)32-18-13-23(14-19-32)27-8-3-4-17-34(27)29(36)24-11-9-22(10-12-24)21-33-16-5-15-31-33/h1-2,5-7,9-12,15-16,23,27H,3-4,8,13-14,17-21H2/t27-/m0/s1. The summed E-state index contributed by atoms with van der Waals surface area (Å²) in [5.74, 6) is 0.131. The molecule has 0 bridgehead atoms. The first kappa shape index (κ1) is 24.2. The van der Waals surface area contributed by atoms with Crippen LogP contribution in [-0.4, -0.2) is 57.1 Å². The van der Waals surface area contributed by atoms with Crippen LogP contribution in [0.1, 0.15) is 53.6 Å². The first-order valence-corrected chi connectivity index (χ1v) is 13.0. The summed E-state index contributed by atoms with van der Waals surface area (Å²) in [6.07, 6.45) is 8.70. The fourth-order valence-electron chi connectivity index (χ4n) is 5.65. The number of likely N-dealkylation sites (tertiary alicyclic amines) is 2. The smallest absolute Gasteiger partial charge is 0.254 e. The molecule has 2 amide bonds. The van der Waals surface area contributed by atoms with Gasteiger partial charge in [0.1, 0.15) is 5.82 Å². The van der Waals surface area contributed by atoms with E-state index >= 15 is 0 Å². The topological polar surface area (TPSA) is 58.4 Å². The average Bonchev–Trinajstić information content (AvgIpc) is 3.43. The van der Waals surface area contributed by atoms with Crippen LogP contribution in [0.25, 0.3) is 0 Å². The Bertz CT molecular complexity index is 1170. The summed E-state index contributed by atoms with van der Waals surface area (Å²) in [6.45, 7) is 2.80. The highest BCUT2D eigenvalue weighted by atomic mass is 19.1. The first-order chi connectivity index (χ1) is 17.6. The number of amides is 2. The van der Waals surface area contributed by atoms with E-state index in [-0.39, 0.29) is 30.1 Å². The largest absolute Gasteiger partial charge is 0.342 e. The Kier molecular flexibility index (Phi) is 7.44. The van der Waals surface area contributed by atoms with E-state index in [1.807, 2.05) is 46.1 Å². The fourth-order valence-corrected chi connectivity index (χ4v) is 5.65. The van der Waals surface area contributed by atoms with Gasteiger partial charge in [-0.1, -0.05) is 30.3 Å². The van der Waals surface area contributed by atoms with Gasteiger partial charge in [0.2, 0.25) is 5.91 Å². The van der Waals surface area contributed by atoms with Crippen LogP contribution in [0.3, 0.4) is 0 Å². The second kappa shape index (κ2) is 11.1. The van der Waals surface area contributed by atoms with E-state index in [4.69, 9.17) is 0 Å². The van der Waals surface area contributed by atoms with Crippen LogP contribution < -0.4 is 0 Å². The first-order valence-electron chi connectivity index (χ1n) is 13.0. The molecule has 188 valence electrons. The number of hydrogen-bond donors (Lipinski definition) is 0. The Labute approximate surface area is 211 Å².